The molecule has 0 bridgehead atoms. The summed E-state index contributed by atoms with van der Waals surface area (Å²) in [7, 11) is 0. The van der Waals surface area contributed by atoms with Crippen LogP contribution >= 0.6 is 0 Å². The van der Waals surface area contributed by atoms with Gasteiger partial charge in [-0.3, -0.25) is 14.6 Å². The number of hydrogen-bond acceptors (Lipinski definition) is 5. The van der Waals surface area contributed by atoms with Gasteiger partial charge < -0.3 is 20.5 Å². The number of carbonyl (C=O) groups excluding carboxylic acids is 2. The van der Waals surface area contributed by atoms with Crippen molar-refractivity contribution in [3.8, 4) is 0 Å². The largest absolute Gasteiger partial charge is 0.394 e. The van der Waals surface area contributed by atoms with Crippen LogP contribution in [0.1, 0.15) is 44.1 Å². The number of amides is 2. The molecule has 1 aromatic heterocycles. The Bertz CT molecular complexity index is 606. The van der Waals surface area contributed by atoms with E-state index in [1.807, 2.05) is 12.1 Å². The maximum Gasteiger partial charge on any atom is 0.223 e. The smallest absolute Gasteiger partial charge is 0.223 e. The Balaban J connectivity index is 1.42. The highest BCUT2D eigenvalue weighted by molar-refractivity contribution is 5.79. The Kier molecular flexibility index (Phi) is 6.57. The van der Waals surface area contributed by atoms with Crippen molar-refractivity contribution in [1.82, 2.24) is 15.6 Å². The van der Waals surface area contributed by atoms with Crippen molar-refractivity contribution in [1.29, 1.82) is 0 Å². The van der Waals surface area contributed by atoms with Crippen LogP contribution in [-0.4, -0.2) is 46.8 Å². The second kappa shape index (κ2) is 9.09. The minimum Gasteiger partial charge on any atom is -0.394 e. The number of pyridine rings is 1. The van der Waals surface area contributed by atoms with E-state index in [4.69, 9.17) is 4.74 Å². The zero-order valence-electron chi connectivity index (χ0n) is 14.9. The number of aromatic nitrogens is 1. The molecular formula is C19H27N3O4. The first-order chi connectivity index (χ1) is 12.7. The highest BCUT2D eigenvalue weighted by atomic mass is 16.5. The summed E-state index contributed by atoms with van der Waals surface area (Å²) in [5, 5.41) is 15.5. The molecule has 3 N–H and O–H groups in total. The van der Waals surface area contributed by atoms with Gasteiger partial charge in [-0.05, 0) is 43.4 Å². The SMILES string of the molecule is O=C(C[C@H]1CC[C@H](NC(=O)C2CCC2)[C@@H](CO)O1)NCc1ccncc1. The third-order valence-corrected chi connectivity index (χ3v) is 5.25. The second-order valence-corrected chi connectivity index (χ2v) is 7.14. The number of nitrogens with zero attached hydrogens (tertiary/aromatic N) is 1. The first kappa shape index (κ1) is 18.8. The normalized spacial score (nSPS) is 26.0. The fraction of sp³-hybridized carbons (Fsp3) is 0.632. The summed E-state index contributed by atoms with van der Waals surface area (Å²) < 4.78 is 5.87. The molecule has 1 aliphatic heterocycles. The number of rotatable bonds is 7. The first-order valence-corrected chi connectivity index (χ1v) is 9.38. The van der Waals surface area contributed by atoms with Crippen molar-refractivity contribution < 1.29 is 19.4 Å². The van der Waals surface area contributed by atoms with Gasteiger partial charge in [0.05, 0.1) is 25.2 Å². The zero-order chi connectivity index (χ0) is 18.4. The minimum absolute atomic E-state index is 0.0665. The molecule has 1 saturated heterocycles. The fourth-order valence-corrected chi connectivity index (χ4v) is 3.40. The molecule has 2 heterocycles. The van der Waals surface area contributed by atoms with Crippen molar-refractivity contribution >= 4 is 11.8 Å². The lowest BCUT2D eigenvalue weighted by atomic mass is 9.84. The van der Waals surface area contributed by atoms with E-state index in [-0.39, 0.29) is 42.9 Å². The van der Waals surface area contributed by atoms with E-state index in [2.05, 4.69) is 15.6 Å². The van der Waals surface area contributed by atoms with Gasteiger partial charge in [-0.2, -0.15) is 0 Å². The maximum absolute atomic E-state index is 12.1. The third kappa shape index (κ3) is 5.02. The Hall–Kier alpha value is -1.99. The molecule has 3 atom stereocenters. The van der Waals surface area contributed by atoms with E-state index < -0.39 is 6.10 Å². The van der Waals surface area contributed by atoms with Crippen LogP contribution in [0, 0.1) is 5.92 Å². The first-order valence-electron chi connectivity index (χ1n) is 9.38. The summed E-state index contributed by atoms with van der Waals surface area (Å²) in [5.41, 5.74) is 0.991. The van der Waals surface area contributed by atoms with Crippen LogP contribution in [0.2, 0.25) is 0 Å². The highest BCUT2D eigenvalue weighted by Crippen LogP contribution is 2.28. The number of ether oxygens (including phenoxy) is 1. The molecule has 26 heavy (non-hydrogen) atoms. The Labute approximate surface area is 153 Å². The second-order valence-electron chi connectivity index (χ2n) is 7.14. The van der Waals surface area contributed by atoms with Gasteiger partial charge in [0.25, 0.3) is 0 Å². The van der Waals surface area contributed by atoms with E-state index in [1.54, 1.807) is 12.4 Å². The molecule has 2 fully saturated rings. The van der Waals surface area contributed by atoms with Crippen LogP contribution in [0.25, 0.3) is 0 Å². The minimum atomic E-state index is -0.453. The van der Waals surface area contributed by atoms with Gasteiger partial charge in [0, 0.05) is 24.9 Å². The average Bonchev–Trinajstić information content (AvgIpc) is 2.60. The summed E-state index contributed by atoms with van der Waals surface area (Å²) in [6.07, 6.45) is 7.36. The zero-order valence-corrected chi connectivity index (χ0v) is 14.9. The van der Waals surface area contributed by atoms with E-state index in [1.165, 1.54) is 0 Å². The molecule has 2 amide bonds. The fourth-order valence-electron chi connectivity index (χ4n) is 3.40. The van der Waals surface area contributed by atoms with Gasteiger partial charge in [0.2, 0.25) is 11.8 Å². The summed E-state index contributed by atoms with van der Waals surface area (Å²) in [6.45, 7) is 0.294. The quantitative estimate of drug-likeness (QED) is 0.670. The van der Waals surface area contributed by atoms with Crippen LogP contribution in [0.15, 0.2) is 24.5 Å². The molecule has 7 heteroatoms. The summed E-state index contributed by atoms with van der Waals surface area (Å²) >= 11 is 0. The number of carbonyl (C=O) groups is 2. The molecule has 1 aliphatic carbocycles. The van der Waals surface area contributed by atoms with Crippen LogP contribution in [-0.2, 0) is 20.9 Å². The Morgan fingerprint density at radius 1 is 1.19 bits per heavy atom. The molecule has 0 spiro atoms. The van der Waals surface area contributed by atoms with Crippen LogP contribution in [0.3, 0.4) is 0 Å². The third-order valence-electron chi connectivity index (χ3n) is 5.25. The van der Waals surface area contributed by atoms with Gasteiger partial charge in [0.1, 0.15) is 6.10 Å². The summed E-state index contributed by atoms with van der Waals surface area (Å²) in [6, 6.07) is 3.53. The van der Waals surface area contributed by atoms with Crippen LogP contribution in [0.4, 0.5) is 0 Å². The molecule has 1 aromatic rings. The van der Waals surface area contributed by atoms with Gasteiger partial charge in [-0.15, -0.1) is 0 Å². The lowest BCUT2D eigenvalue weighted by molar-refractivity contribution is -0.138. The van der Waals surface area contributed by atoms with Crippen molar-refractivity contribution in [2.24, 2.45) is 5.92 Å². The monoisotopic (exact) mass is 361 g/mol. The van der Waals surface area contributed by atoms with E-state index >= 15 is 0 Å². The topological polar surface area (TPSA) is 101 Å². The van der Waals surface area contributed by atoms with Gasteiger partial charge in [0.15, 0.2) is 0 Å². The van der Waals surface area contributed by atoms with Gasteiger partial charge >= 0.3 is 0 Å². The average molecular weight is 361 g/mol. The van der Waals surface area contributed by atoms with Crippen molar-refractivity contribution in [3.05, 3.63) is 30.1 Å². The van der Waals surface area contributed by atoms with Crippen molar-refractivity contribution in [2.75, 3.05) is 6.61 Å². The van der Waals surface area contributed by atoms with Crippen LogP contribution < -0.4 is 10.6 Å². The molecular weight excluding hydrogens is 334 g/mol. The predicted molar refractivity (Wildman–Crippen MR) is 95.0 cm³/mol. The summed E-state index contributed by atoms with van der Waals surface area (Å²) in [4.78, 5) is 28.2. The molecule has 7 nitrogen and oxygen atoms in total. The lowest BCUT2D eigenvalue weighted by Crippen LogP contribution is -2.53. The lowest BCUT2D eigenvalue weighted by Gasteiger charge is -2.37. The molecule has 3 rings (SSSR count). The van der Waals surface area contributed by atoms with E-state index in [0.29, 0.717) is 19.4 Å². The van der Waals surface area contributed by atoms with Crippen LogP contribution in [0.5, 0.6) is 0 Å². The Morgan fingerprint density at radius 2 is 1.96 bits per heavy atom. The molecule has 0 unspecified atom stereocenters. The van der Waals surface area contributed by atoms with Gasteiger partial charge in [-0.1, -0.05) is 6.42 Å². The van der Waals surface area contributed by atoms with E-state index in [0.717, 1.165) is 24.8 Å². The standard InChI is InChI=1S/C19H27N3O4/c23-12-17-16(22-19(25)14-2-1-3-14)5-4-15(26-17)10-18(24)21-11-13-6-8-20-9-7-13/h6-9,14-17,23H,1-5,10-12H2,(H,21,24)(H,22,25)/t15-,16+,17-/m1/s1. The van der Waals surface area contributed by atoms with Crippen molar-refractivity contribution in [2.45, 2.75) is 63.3 Å². The predicted octanol–water partition coefficient (Wildman–Crippen LogP) is 0.913. The maximum atomic E-state index is 12.1. The number of aliphatic hydroxyl groups is 1. The van der Waals surface area contributed by atoms with Gasteiger partial charge in [-0.25, -0.2) is 0 Å². The summed E-state index contributed by atoms with van der Waals surface area (Å²) in [5.74, 6) is 0.100. The molecule has 0 aromatic carbocycles. The number of hydrogen-bond donors (Lipinski definition) is 3. The molecule has 142 valence electrons. The number of aliphatic hydroxyl groups excluding tert-OH is 1. The highest BCUT2D eigenvalue weighted by Gasteiger charge is 2.35. The van der Waals surface area contributed by atoms with Crippen molar-refractivity contribution in [3.63, 3.8) is 0 Å². The molecule has 0 radical (unpaired) electrons. The molecule has 1 saturated carbocycles. The van der Waals surface area contributed by atoms with E-state index in [9.17, 15) is 14.7 Å². The molecule has 2 aliphatic rings. The number of nitrogens with one attached hydrogen (secondary N) is 2. The Morgan fingerprint density at radius 3 is 2.62 bits per heavy atom.